The molecule has 3 heterocycles. The van der Waals surface area contributed by atoms with Crippen LogP contribution in [0.3, 0.4) is 0 Å². The maximum absolute atomic E-state index is 6.51. The highest BCUT2D eigenvalue weighted by molar-refractivity contribution is 6.17. The summed E-state index contributed by atoms with van der Waals surface area (Å²) in [6.07, 6.45) is -0.308. The molecular formula is C55H37N5O. The van der Waals surface area contributed by atoms with Gasteiger partial charge in [0.15, 0.2) is 11.7 Å². The Morgan fingerprint density at radius 2 is 0.984 bits per heavy atom. The summed E-state index contributed by atoms with van der Waals surface area (Å²) < 4.78 is 6.51. The molecule has 1 unspecified atom stereocenters. The number of aromatic nitrogens is 2. The molecule has 1 aliphatic heterocycles. The van der Waals surface area contributed by atoms with Gasteiger partial charge in [-0.25, -0.2) is 20.0 Å². The van der Waals surface area contributed by atoms with Crippen molar-refractivity contribution in [2.45, 2.75) is 6.17 Å². The number of nitrogens with one attached hydrogen (secondary N) is 1. The van der Waals surface area contributed by atoms with Gasteiger partial charge in [0.25, 0.3) is 0 Å². The lowest BCUT2D eigenvalue weighted by atomic mass is 9.89. The third kappa shape index (κ3) is 6.96. The Balaban J connectivity index is 1.07. The number of hydrogen-bond donors (Lipinski definition) is 1. The van der Waals surface area contributed by atoms with E-state index in [1.807, 2.05) is 84.9 Å². The summed E-state index contributed by atoms with van der Waals surface area (Å²) in [4.78, 5) is 20.5. The van der Waals surface area contributed by atoms with Crippen molar-refractivity contribution in [2.24, 2.45) is 9.98 Å². The van der Waals surface area contributed by atoms with Gasteiger partial charge in [0, 0.05) is 44.2 Å². The number of hydrogen-bond acceptors (Lipinski definition) is 6. The van der Waals surface area contributed by atoms with E-state index < -0.39 is 0 Å². The zero-order valence-corrected chi connectivity index (χ0v) is 33.0. The molecule has 0 fully saturated rings. The van der Waals surface area contributed by atoms with Crippen LogP contribution in [0.5, 0.6) is 0 Å². The van der Waals surface area contributed by atoms with Crippen molar-refractivity contribution < 1.29 is 4.42 Å². The van der Waals surface area contributed by atoms with Gasteiger partial charge in [-0.15, -0.1) is 0 Å². The Bertz CT molecular complexity index is 3210. The summed E-state index contributed by atoms with van der Waals surface area (Å²) in [5.41, 5.74) is 13.6. The monoisotopic (exact) mass is 783 g/mol. The number of benzene rings is 8. The summed E-state index contributed by atoms with van der Waals surface area (Å²) in [7, 11) is 0. The molecule has 61 heavy (non-hydrogen) atoms. The summed E-state index contributed by atoms with van der Waals surface area (Å²) >= 11 is 0. The van der Waals surface area contributed by atoms with Crippen LogP contribution in [0.2, 0.25) is 0 Å². The van der Waals surface area contributed by atoms with Crippen molar-refractivity contribution in [3.8, 4) is 56.2 Å². The van der Waals surface area contributed by atoms with E-state index in [4.69, 9.17) is 24.4 Å². The highest BCUT2D eigenvalue weighted by atomic mass is 16.3. The molecule has 1 atom stereocenters. The Hall–Kier alpha value is -8.22. The Kier molecular flexibility index (Phi) is 9.13. The number of para-hydroxylation sites is 1. The predicted octanol–water partition coefficient (Wildman–Crippen LogP) is 13.2. The summed E-state index contributed by atoms with van der Waals surface area (Å²) in [5, 5.41) is 5.77. The second-order valence-electron chi connectivity index (χ2n) is 15.1. The number of aliphatic imine (C=N–C) groups is 2. The molecule has 0 saturated heterocycles. The van der Waals surface area contributed by atoms with Crippen molar-refractivity contribution in [3.05, 3.63) is 229 Å². The number of amidine groups is 2. The van der Waals surface area contributed by atoms with Gasteiger partial charge in [-0.2, -0.15) is 0 Å². The fraction of sp³-hybridized carbons (Fsp3) is 0.0182. The minimum Gasteiger partial charge on any atom is -0.456 e. The van der Waals surface area contributed by atoms with E-state index in [9.17, 15) is 0 Å². The first-order valence-electron chi connectivity index (χ1n) is 20.4. The quantitative estimate of drug-likeness (QED) is 0.166. The lowest BCUT2D eigenvalue weighted by Crippen LogP contribution is -2.33. The highest BCUT2D eigenvalue weighted by Crippen LogP contribution is 2.44. The number of rotatable bonds is 8. The summed E-state index contributed by atoms with van der Waals surface area (Å²) in [5.74, 6) is 2.09. The van der Waals surface area contributed by atoms with Gasteiger partial charge in [0.2, 0.25) is 0 Å². The molecule has 288 valence electrons. The molecule has 0 radical (unpaired) electrons. The van der Waals surface area contributed by atoms with Crippen LogP contribution >= 0.6 is 0 Å². The first-order valence-corrected chi connectivity index (χ1v) is 20.4. The molecule has 0 bridgehead atoms. The third-order valence-electron chi connectivity index (χ3n) is 11.2. The molecular weight excluding hydrogens is 747 g/mol. The first kappa shape index (κ1) is 35.9. The standard InChI is InChI=1S/C55H37N5O/c1-5-17-36(18-6-1)46-35-47(37-19-7-2-8-20-37)57-54(56-46)42-27-15-25-40(33-42)44-31-32-49-51(45-29-13-14-30-48(45)61-49)50(44)41-26-16-28-43(34-41)55-59-52(38-21-9-3-10-22-38)58-53(60-55)39-23-11-4-12-24-39/h1-35,52H,(H,58,59,60). The largest absolute Gasteiger partial charge is 0.456 e. The molecule has 8 aromatic carbocycles. The molecule has 6 nitrogen and oxygen atoms in total. The van der Waals surface area contributed by atoms with E-state index in [1.54, 1.807) is 0 Å². The Morgan fingerprint density at radius 1 is 0.426 bits per heavy atom. The van der Waals surface area contributed by atoms with Crippen LogP contribution < -0.4 is 5.32 Å². The smallest absolute Gasteiger partial charge is 0.160 e. The van der Waals surface area contributed by atoms with Gasteiger partial charge in [0.05, 0.1) is 11.4 Å². The van der Waals surface area contributed by atoms with Gasteiger partial charge in [-0.3, -0.25) is 0 Å². The van der Waals surface area contributed by atoms with Crippen molar-refractivity contribution in [3.63, 3.8) is 0 Å². The average molecular weight is 784 g/mol. The molecule has 0 spiro atoms. The van der Waals surface area contributed by atoms with E-state index in [1.165, 1.54) is 0 Å². The van der Waals surface area contributed by atoms with Crippen molar-refractivity contribution in [1.29, 1.82) is 0 Å². The molecule has 0 aliphatic carbocycles. The van der Waals surface area contributed by atoms with Gasteiger partial charge >= 0.3 is 0 Å². The van der Waals surface area contributed by atoms with Crippen molar-refractivity contribution in [1.82, 2.24) is 15.3 Å². The maximum Gasteiger partial charge on any atom is 0.160 e. The average Bonchev–Trinajstić information content (AvgIpc) is 3.73. The van der Waals surface area contributed by atoms with E-state index >= 15 is 0 Å². The van der Waals surface area contributed by atoms with Crippen LogP contribution in [-0.4, -0.2) is 21.6 Å². The molecule has 11 rings (SSSR count). The zero-order chi connectivity index (χ0) is 40.5. The molecule has 1 N–H and O–H groups in total. The fourth-order valence-corrected chi connectivity index (χ4v) is 8.21. The van der Waals surface area contributed by atoms with Gasteiger partial charge in [-0.1, -0.05) is 182 Å². The van der Waals surface area contributed by atoms with E-state index in [0.717, 1.165) is 94.8 Å². The Labute approximate surface area is 353 Å². The van der Waals surface area contributed by atoms with Crippen molar-refractivity contribution >= 4 is 33.6 Å². The van der Waals surface area contributed by atoms with E-state index in [-0.39, 0.29) is 6.17 Å². The number of furan rings is 1. The van der Waals surface area contributed by atoms with Crippen LogP contribution in [0.15, 0.2) is 227 Å². The third-order valence-corrected chi connectivity index (χ3v) is 11.2. The van der Waals surface area contributed by atoms with Crippen molar-refractivity contribution in [2.75, 3.05) is 0 Å². The van der Waals surface area contributed by atoms with Crippen LogP contribution in [0.1, 0.15) is 22.9 Å². The predicted molar refractivity (Wildman–Crippen MR) is 248 cm³/mol. The topological polar surface area (TPSA) is 75.7 Å². The maximum atomic E-state index is 6.51. The van der Waals surface area contributed by atoms with Gasteiger partial charge < -0.3 is 9.73 Å². The minimum absolute atomic E-state index is 0.308. The van der Waals surface area contributed by atoms with E-state index in [2.05, 4.69) is 133 Å². The summed E-state index contributed by atoms with van der Waals surface area (Å²) in [6, 6.07) is 72.8. The number of nitrogens with zero attached hydrogens (tertiary/aromatic N) is 4. The van der Waals surface area contributed by atoms with Gasteiger partial charge in [0.1, 0.15) is 23.2 Å². The molecule has 1 aliphatic rings. The fourth-order valence-electron chi connectivity index (χ4n) is 8.21. The van der Waals surface area contributed by atoms with E-state index in [0.29, 0.717) is 11.7 Å². The van der Waals surface area contributed by atoms with Crippen LogP contribution in [0, 0.1) is 0 Å². The lowest BCUT2D eigenvalue weighted by molar-refractivity contribution is 0.669. The molecule has 0 saturated carbocycles. The van der Waals surface area contributed by atoms with Crippen LogP contribution in [0.25, 0.3) is 78.1 Å². The first-order chi connectivity index (χ1) is 30.2. The zero-order valence-electron chi connectivity index (χ0n) is 33.0. The molecule has 10 aromatic rings. The highest BCUT2D eigenvalue weighted by Gasteiger charge is 2.23. The SMILES string of the molecule is c1ccc(C2=NC(c3ccccc3)NC(c3cccc(-c4c(-c5cccc(-c6nc(-c7ccccc7)cc(-c7ccccc7)n6)c5)ccc5oc6ccccc6c45)c3)=N2)cc1. The minimum atomic E-state index is -0.308. The normalized spacial score (nSPS) is 13.7. The van der Waals surface area contributed by atoms with Gasteiger partial charge in [-0.05, 0) is 52.6 Å². The second-order valence-corrected chi connectivity index (χ2v) is 15.1. The summed E-state index contributed by atoms with van der Waals surface area (Å²) in [6.45, 7) is 0. The molecule has 0 amide bonds. The lowest BCUT2D eigenvalue weighted by Gasteiger charge is -2.24. The molecule has 6 heteroatoms. The van der Waals surface area contributed by atoms with Crippen LogP contribution in [-0.2, 0) is 0 Å². The Morgan fingerprint density at radius 3 is 1.69 bits per heavy atom. The molecule has 2 aromatic heterocycles. The second kappa shape index (κ2) is 15.5. The van der Waals surface area contributed by atoms with Crippen LogP contribution in [0.4, 0.5) is 0 Å². The number of fused-ring (bicyclic) bond motifs is 3.